The highest BCUT2D eigenvalue weighted by Crippen LogP contribution is 2.32. The number of benzene rings is 1. The van der Waals surface area contributed by atoms with Crippen LogP contribution in [0, 0.1) is 23.4 Å². The maximum Gasteiger partial charge on any atom is 0.224 e. The van der Waals surface area contributed by atoms with Crippen LogP contribution in [0.1, 0.15) is 18.4 Å². The fourth-order valence-corrected chi connectivity index (χ4v) is 3.87. The minimum Gasteiger partial charge on any atom is -0.375 e. The molecule has 1 amide bonds. The Morgan fingerprint density at radius 1 is 1.28 bits per heavy atom. The molecule has 2 N–H and O–H groups in total. The van der Waals surface area contributed by atoms with Crippen LogP contribution in [0.2, 0.25) is 0 Å². The van der Waals surface area contributed by atoms with E-state index < -0.39 is 23.5 Å². The lowest BCUT2D eigenvalue weighted by Crippen LogP contribution is -2.42. The zero-order valence-electron chi connectivity index (χ0n) is 13.9. The van der Waals surface area contributed by atoms with Gasteiger partial charge in [0.1, 0.15) is 5.82 Å². The summed E-state index contributed by atoms with van der Waals surface area (Å²) in [5, 5.41) is 0. The first-order valence-corrected chi connectivity index (χ1v) is 8.44. The first-order chi connectivity index (χ1) is 11.9. The van der Waals surface area contributed by atoms with E-state index in [2.05, 4.69) is 11.5 Å². The summed E-state index contributed by atoms with van der Waals surface area (Å²) < 4.78 is 40.0. The molecule has 136 valence electrons. The van der Waals surface area contributed by atoms with Crippen LogP contribution in [0.25, 0.3) is 0 Å². The van der Waals surface area contributed by atoms with Crippen molar-refractivity contribution in [3.05, 3.63) is 47.9 Å². The van der Waals surface area contributed by atoms with E-state index in [0.29, 0.717) is 18.5 Å². The Balaban J connectivity index is 1.60. The normalized spacial score (nSPS) is 23.7. The van der Waals surface area contributed by atoms with Crippen molar-refractivity contribution in [2.24, 2.45) is 11.7 Å². The van der Waals surface area contributed by atoms with Crippen molar-refractivity contribution in [3.8, 4) is 0 Å². The van der Waals surface area contributed by atoms with Crippen molar-refractivity contribution in [1.82, 2.24) is 9.80 Å². The third-order valence-corrected chi connectivity index (χ3v) is 5.16. The maximum absolute atomic E-state index is 13.7. The number of carbonyl (C=O) groups excluding carboxylic acids is 1. The molecular weight excluding hydrogens is 331 g/mol. The Bertz CT molecular complexity index is 682. The zero-order chi connectivity index (χ0) is 18.1. The van der Waals surface area contributed by atoms with Crippen LogP contribution in [0.4, 0.5) is 13.2 Å². The topological polar surface area (TPSA) is 49.6 Å². The molecule has 1 aromatic carbocycles. The summed E-state index contributed by atoms with van der Waals surface area (Å²) in [6.45, 7) is 6.14. The Labute approximate surface area is 145 Å². The number of fused-ring (bicyclic) bond motifs is 1. The largest absolute Gasteiger partial charge is 0.375 e. The van der Waals surface area contributed by atoms with E-state index in [1.165, 1.54) is 0 Å². The van der Waals surface area contributed by atoms with Gasteiger partial charge in [0, 0.05) is 44.1 Å². The van der Waals surface area contributed by atoms with E-state index in [-0.39, 0.29) is 30.4 Å². The standard InChI is InChI=1S/C18H22F3N3O/c1-2-23-9-11-3-4-24(17(11)10-23)18(25)7-13(22)5-12-6-15(20)16(21)8-14(12)19/h2,6,8,11,13,17H,1,3-5,7,9-10,22H2/t11-,13+,17+/m0/s1. The smallest absolute Gasteiger partial charge is 0.224 e. The SMILES string of the molecule is C=CN1C[C@@H]2CCN(C(=O)C[C@H](N)Cc3cc(F)c(F)cc3F)[C@@H]2C1. The number of halogens is 3. The first-order valence-electron chi connectivity index (χ1n) is 8.44. The van der Waals surface area contributed by atoms with Crippen LogP contribution in [0.3, 0.4) is 0 Å². The van der Waals surface area contributed by atoms with E-state index in [1.54, 1.807) is 6.20 Å². The number of nitrogens with zero attached hydrogens (tertiary/aromatic N) is 2. The summed E-state index contributed by atoms with van der Waals surface area (Å²) in [6.07, 6.45) is 2.78. The highest BCUT2D eigenvalue weighted by Gasteiger charge is 2.42. The molecule has 25 heavy (non-hydrogen) atoms. The fourth-order valence-electron chi connectivity index (χ4n) is 3.87. The first kappa shape index (κ1) is 17.8. The molecule has 2 heterocycles. The minimum absolute atomic E-state index is 0.0165. The monoisotopic (exact) mass is 353 g/mol. The van der Waals surface area contributed by atoms with Crippen LogP contribution in [0.15, 0.2) is 24.9 Å². The second kappa shape index (κ2) is 7.07. The van der Waals surface area contributed by atoms with Crippen LogP contribution >= 0.6 is 0 Å². The molecule has 2 fully saturated rings. The van der Waals surface area contributed by atoms with Gasteiger partial charge in [0.2, 0.25) is 5.91 Å². The number of rotatable bonds is 5. The van der Waals surface area contributed by atoms with Crippen molar-refractivity contribution in [1.29, 1.82) is 0 Å². The fraction of sp³-hybridized carbons (Fsp3) is 0.500. The van der Waals surface area contributed by atoms with Crippen molar-refractivity contribution in [2.45, 2.75) is 31.3 Å². The summed E-state index contributed by atoms with van der Waals surface area (Å²) in [5.41, 5.74) is 5.95. The summed E-state index contributed by atoms with van der Waals surface area (Å²) in [7, 11) is 0. The number of hydrogen-bond donors (Lipinski definition) is 1. The average molecular weight is 353 g/mol. The summed E-state index contributed by atoms with van der Waals surface area (Å²) in [6, 6.07) is 0.826. The molecule has 0 radical (unpaired) electrons. The Morgan fingerprint density at radius 3 is 2.72 bits per heavy atom. The number of amides is 1. The molecule has 2 aliphatic heterocycles. The second-order valence-corrected chi connectivity index (χ2v) is 6.87. The van der Waals surface area contributed by atoms with Gasteiger partial charge in [-0.15, -0.1) is 0 Å². The van der Waals surface area contributed by atoms with E-state index in [4.69, 9.17) is 5.73 Å². The van der Waals surface area contributed by atoms with Gasteiger partial charge in [-0.05, 0) is 30.7 Å². The lowest BCUT2D eigenvalue weighted by molar-refractivity contribution is -0.132. The Hall–Kier alpha value is -2.02. The van der Waals surface area contributed by atoms with E-state index in [0.717, 1.165) is 25.6 Å². The van der Waals surface area contributed by atoms with E-state index in [9.17, 15) is 18.0 Å². The number of carbonyl (C=O) groups is 1. The third kappa shape index (κ3) is 3.66. The molecule has 0 saturated carbocycles. The van der Waals surface area contributed by atoms with Gasteiger partial charge in [0.15, 0.2) is 11.6 Å². The van der Waals surface area contributed by atoms with Crippen molar-refractivity contribution in [3.63, 3.8) is 0 Å². The van der Waals surface area contributed by atoms with E-state index in [1.807, 2.05) is 4.90 Å². The van der Waals surface area contributed by atoms with E-state index >= 15 is 0 Å². The van der Waals surface area contributed by atoms with Crippen LogP contribution in [0.5, 0.6) is 0 Å². The molecule has 3 rings (SSSR count). The molecule has 7 heteroatoms. The molecule has 1 aromatic rings. The lowest BCUT2D eigenvalue weighted by Gasteiger charge is -2.26. The molecule has 0 spiro atoms. The molecule has 0 unspecified atom stereocenters. The molecule has 3 atom stereocenters. The molecule has 0 aliphatic carbocycles. The average Bonchev–Trinajstić information content (AvgIpc) is 3.12. The van der Waals surface area contributed by atoms with Crippen LogP contribution < -0.4 is 5.73 Å². The van der Waals surface area contributed by atoms with Gasteiger partial charge in [-0.2, -0.15) is 0 Å². The van der Waals surface area contributed by atoms with Gasteiger partial charge in [-0.25, -0.2) is 13.2 Å². The predicted molar refractivity (Wildman–Crippen MR) is 88.0 cm³/mol. The minimum atomic E-state index is -1.23. The second-order valence-electron chi connectivity index (χ2n) is 6.87. The maximum atomic E-state index is 13.7. The summed E-state index contributed by atoms with van der Waals surface area (Å²) in [4.78, 5) is 16.5. The molecule has 4 nitrogen and oxygen atoms in total. The van der Waals surface area contributed by atoms with Crippen molar-refractivity contribution < 1.29 is 18.0 Å². The van der Waals surface area contributed by atoms with Crippen molar-refractivity contribution in [2.75, 3.05) is 19.6 Å². The third-order valence-electron chi connectivity index (χ3n) is 5.16. The van der Waals surface area contributed by atoms with Gasteiger partial charge in [0.05, 0.1) is 6.04 Å². The molecule has 2 aliphatic rings. The van der Waals surface area contributed by atoms with Gasteiger partial charge >= 0.3 is 0 Å². The highest BCUT2D eigenvalue weighted by atomic mass is 19.2. The zero-order valence-corrected chi connectivity index (χ0v) is 13.9. The van der Waals surface area contributed by atoms with Crippen molar-refractivity contribution >= 4 is 5.91 Å². The number of hydrogen-bond acceptors (Lipinski definition) is 3. The molecule has 2 saturated heterocycles. The number of nitrogens with two attached hydrogens (primary N) is 1. The molecule has 0 aromatic heterocycles. The Morgan fingerprint density at radius 2 is 2.00 bits per heavy atom. The molecular formula is C18H22F3N3O. The van der Waals surface area contributed by atoms with Crippen LogP contribution in [-0.2, 0) is 11.2 Å². The van der Waals surface area contributed by atoms with Gasteiger partial charge < -0.3 is 15.5 Å². The van der Waals surface area contributed by atoms with Gasteiger partial charge in [-0.3, -0.25) is 4.79 Å². The predicted octanol–water partition coefficient (Wildman–Crippen LogP) is 2.04. The summed E-state index contributed by atoms with van der Waals surface area (Å²) >= 11 is 0. The molecule has 0 bridgehead atoms. The summed E-state index contributed by atoms with van der Waals surface area (Å²) in [5.74, 6) is -2.83. The highest BCUT2D eigenvalue weighted by molar-refractivity contribution is 5.77. The lowest BCUT2D eigenvalue weighted by atomic mass is 10.0. The van der Waals surface area contributed by atoms with Crippen LogP contribution in [-0.4, -0.2) is 47.4 Å². The Kier molecular flexibility index (Phi) is 5.03. The van der Waals surface area contributed by atoms with Gasteiger partial charge in [0.25, 0.3) is 0 Å². The van der Waals surface area contributed by atoms with Gasteiger partial charge in [-0.1, -0.05) is 6.58 Å². The number of likely N-dealkylation sites (tertiary alicyclic amines) is 2. The quantitative estimate of drug-likeness (QED) is 0.825.